The minimum absolute atomic E-state index is 0. The number of hydrogen-bond donors (Lipinski definition) is 1. The maximum absolute atomic E-state index is 12.8. The summed E-state index contributed by atoms with van der Waals surface area (Å²) >= 11 is 6.14. The summed E-state index contributed by atoms with van der Waals surface area (Å²) in [6.45, 7) is 2.54. The Morgan fingerprint density at radius 2 is 1.96 bits per heavy atom. The largest absolute Gasteiger partial charge is 0.331 e. The standard InChI is InChI=1S/C20H23ClN2O.ClH/c1-14(22)7-10-20(24)23-13-17-11-18(21)9-8-16(17)12-19(23)15-5-3-2-4-6-15;/h2-6,8-9,11,14,19H,7,10,12-13,22H2,1H3;1H. The van der Waals surface area contributed by atoms with Gasteiger partial charge in [0.05, 0.1) is 6.04 Å². The van der Waals surface area contributed by atoms with Gasteiger partial charge >= 0.3 is 0 Å². The molecule has 3 nitrogen and oxygen atoms in total. The van der Waals surface area contributed by atoms with Crippen molar-refractivity contribution in [3.63, 3.8) is 0 Å². The highest BCUT2D eigenvalue weighted by atomic mass is 35.5. The lowest BCUT2D eigenvalue weighted by Crippen LogP contribution is -2.39. The lowest BCUT2D eigenvalue weighted by molar-refractivity contribution is -0.135. The van der Waals surface area contributed by atoms with Crippen molar-refractivity contribution in [2.24, 2.45) is 5.73 Å². The van der Waals surface area contributed by atoms with E-state index >= 15 is 0 Å². The molecule has 1 amide bonds. The first-order valence-electron chi connectivity index (χ1n) is 8.42. The molecule has 0 fully saturated rings. The van der Waals surface area contributed by atoms with Crippen molar-refractivity contribution in [1.82, 2.24) is 4.90 Å². The average Bonchev–Trinajstić information content (AvgIpc) is 2.59. The van der Waals surface area contributed by atoms with Gasteiger partial charge in [0.25, 0.3) is 0 Å². The van der Waals surface area contributed by atoms with Gasteiger partial charge in [-0.15, -0.1) is 12.4 Å². The summed E-state index contributed by atoms with van der Waals surface area (Å²) in [5.74, 6) is 0.159. The van der Waals surface area contributed by atoms with Crippen LogP contribution in [-0.2, 0) is 17.8 Å². The molecule has 2 N–H and O–H groups in total. The fourth-order valence-electron chi connectivity index (χ4n) is 3.28. The molecule has 0 spiro atoms. The Kier molecular flexibility index (Phi) is 6.88. The summed E-state index contributed by atoms with van der Waals surface area (Å²) in [5.41, 5.74) is 9.41. The topological polar surface area (TPSA) is 46.3 Å². The number of carbonyl (C=O) groups is 1. The molecule has 25 heavy (non-hydrogen) atoms. The van der Waals surface area contributed by atoms with Gasteiger partial charge in [-0.3, -0.25) is 4.79 Å². The van der Waals surface area contributed by atoms with Crippen LogP contribution in [0.4, 0.5) is 0 Å². The fraction of sp³-hybridized carbons (Fsp3) is 0.350. The van der Waals surface area contributed by atoms with Crippen LogP contribution in [0, 0.1) is 0 Å². The summed E-state index contributed by atoms with van der Waals surface area (Å²) in [4.78, 5) is 14.8. The Labute approximate surface area is 160 Å². The van der Waals surface area contributed by atoms with Gasteiger partial charge in [-0.1, -0.05) is 48.0 Å². The Morgan fingerprint density at radius 1 is 1.24 bits per heavy atom. The number of amides is 1. The minimum atomic E-state index is 0. The number of hydrogen-bond acceptors (Lipinski definition) is 2. The number of fused-ring (bicyclic) bond motifs is 1. The third-order valence-corrected chi connectivity index (χ3v) is 4.85. The predicted octanol–water partition coefficient (Wildman–Crippen LogP) is 4.52. The molecule has 1 aliphatic rings. The summed E-state index contributed by atoms with van der Waals surface area (Å²) in [7, 11) is 0. The van der Waals surface area contributed by atoms with E-state index in [9.17, 15) is 4.79 Å². The van der Waals surface area contributed by atoms with Gasteiger partial charge in [0, 0.05) is 24.0 Å². The lowest BCUT2D eigenvalue weighted by atomic mass is 9.89. The molecular formula is C20H24Cl2N2O. The fourth-order valence-corrected chi connectivity index (χ4v) is 3.48. The van der Waals surface area contributed by atoms with E-state index < -0.39 is 0 Å². The zero-order valence-electron chi connectivity index (χ0n) is 14.3. The van der Waals surface area contributed by atoms with E-state index in [0.717, 1.165) is 17.0 Å². The second-order valence-electron chi connectivity index (χ2n) is 6.58. The van der Waals surface area contributed by atoms with Crippen LogP contribution in [0.1, 0.15) is 42.5 Å². The zero-order valence-corrected chi connectivity index (χ0v) is 15.9. The molecule has 134 valence electrons. The Bertz CT molecular complexity index is 719. The molecule has 2 unspecified atom stereocenters. The first kappa shape index (κ1) is 19.8. The monoisotopic (exact) mass is 378 g/mol. The van der Waals surface area contributed by atoms with Crippen LogP contribution >= 0.6 is 24.0 Å². The SMILES string of the molecule is CC(N)CCC(=O)N1Cc2cc(Cl)ccc2CC1c1ccccc1.Cl. The molecule has 0 radical (unpaired) electrons. The number of nitrogens with zero attached hydrogens (tertiary/aromatic N) is 1. The lowest BCUT2D eigenvalue weighted by Gasteiger charge is -2.37. The zero-order chi connectivity index (χ0) is 17.1. The second kappa shape index (κ2) is 8.70. The molecule has 3 rings (SSSR count). The van der Waals surface area contributed by atoms with Crippen LogP contribution < -0.4 is 5.73 Å². The molecule has 5 heteroatoms. The summed E-state index contributed by atoms with van der Waals surface area (Å²) in [6.07, 6.45) is 2.01. The molecule has 2 aromatic carbocycles. The Morgan fingerprint density at radius 3 is 2.64 bits per heavy atom. The number of benzene rings is 2. The van der Waals surface area contributed by atoms with Gasteiger partial charge < -0.3 is 10.6 Å². The molecule has 1 aliphatic heterocycles. The van der Waals surface area contributed by atoms with Gasteiger partial charge in [0.1, 0.15) is 0 Å². The van der Waals surface area contributed by atoms with Crippen LogP contribution in [0.5, 0.6) is 0 Å². The maximum Gasteiger partial charge on any atom is 0.223 e. The van der Waals surface area contributed by atoms with E-state index in [0.29, 0.717) is 19.4 Å². The van der Waals surface area contributed by atoms with E-state index in [-0.39, 0.29) is 30.4 Å². The van der Waals surface area contributed by atoms with Gasteiger partial charge in [0.2, 0.25) is 5.91 Å². The van der Waals surface area contributed by atoms with Gasteiger partial charge in [-0.05, 0) is 48.6 Å². The summed E-state index contributed by atoms with van der Waals surface area (Å²) in [6, 6.07) is 16.3. The van der Waals surface area contributed by atoms with Gasteiger partial charge in [-0.25, -0.2) is 0 Å². The molecule has 0 saturated carbocycles. The van der Waals surface area contributed by atoms with Crippen LogP contribution in [-0.4, -0.2) is 16.8 Å². The van der Waals surface area contributed by atoms with E-state index in [1.807, 2.05) is 42.2 Å². The van der Waals surface area contributed by atoms with E-state index in [2.05, 4.69) is 18.2 Å². The smallest absolute Gasteiger partial charge is 0.223 e. The predicted molar refractivity (Wildman–Crippen MR) is 105 cm³/mol. The third kappa shape index (κ3) is 4.75. The van der Waals surface area contributed by atoms with Crippen molar-refractivity contribution in [3.8, 4) is 0 Å². The molecule has 0 aliphatic carbocycles. The molecule has 0 bridgehead atoms. The molecule has 2 atom stereocenters. The average molecular weight is 379 g/mol. The minimum Gasteiger partial charge on any atom is -0.331 e. The van der Waals surface area contributed by atoms with Crippen molar-refractivity contribution in [2.45, 2.75) is 44.8 Å². The highest BCUT2D eigenvalue weighted by Gasteiger charge is 2.30. The van der Waals surface area contributed by atoms with Crippen molar-refractivity contribution in [3.05, 3.63) is 70.2 Å². The van der Waals surface area contributed by atoms with Crippen LogP contribution in [0.15, 0.2) is 48.5 Å². The maximum atomic E-state index is 12.8. The molecular weight excluding hydrogens is 355 g/mol. The molecule has 2 aromatic rings. The summed E-state index contributed by atoms with van der Waals surface area (Å²) < 4.78 is 0. The van der Waals surface area contributed by atoms with Crippen LogP contribution in [0.2, 0.25) is 5.02 Å². The summed E-state index contributed by atoms with van der Waals surface area (Å²) in [5, 5.41) is 0.717. The van der Waals surface area contributed by atoms with Crippen molar-refractivity contribution in [2.75, 3.05) is 0 Å². The second-order valence-corrected chi connectivity index (χ2v) is 7.02. The van der Waals surface area contributed by atoms with Gasteiger partial charge in [0.15, 0.2) is 0 Å². The molecule has 1 heterocycles. The first-order valence-corrected chi connectivity index (χ1v) is 8.79. The Balaban J connectivity index is 0.00000225. The molecule has 0 saturated heterocycles. The van der Waals surface area contributed by atoms with Crippen LogP contribution in [0.3, 0.4) is 0 Å². The Hall–Kier alpha value is -1.55. The van der Waals surface area contributed by atoms with Gasteiger partial charge in [-0.2, -0.15) is 0 Å². The van der Waals surface area contributed by atoms with Crippen LogP contribution in [0.25, 0.3) is 0 Å². The third-order valence-electron chi connectivity index (χ3n) is 4.62. The van der Waals surface area contributed by atoms with Crippen molar-refractivity contribution in [1.29, 1.82) is 0 Å². The van der Waals surface area contributed by atoms with E-state index in [4.69, 9.17) is 17.3 Å². The molecule has 0 aromatic heterocycles. The number of carbonyl (C=O) groups excluding carboxylic acids is 1. The number of halogens is 2. The quantitative estimate of drug-likeness (QED) is 0.849. The van der Waals surface area contributed by atoms with Crippen molar-refractivity contribution < 1.29 is 4.79 Å². The highest BCUT2D eigenvalue weighted by molar-refractivity contribution is 6.30. The first-order chi connectivity index (χ1) is 11.5. The highest BCUT2D eigenvalue weighted by Crippen LogP contribution is 2.34. The van der Waals surface area contributed by atoms with Crippen molar-refractivity contribution >= 4 is 29.9 Å². The van der Waals surface area contributed by atoms with E-state index in [1.165, 1.54) is 11.1 Å². The van der Waals surface area contributed by atoms with E-state index in [1.54, 1.807) is 0 Å². The normalized spacial score (nSPS) is 17.4. The number of nitrogens with two attached hydrogens (primary N) is 1. The number of rotatable bonds is 4.